The molecule has 0 aromatic heterocycles. The highest BCUT2D eigenvalue weighted by atomic mass is 79.9. The standard InChI is InChI=1S/C14H13BrFN3O/c1-19(11-4-2-3-10(16)8-11)13-6-5-9(7-12(13)15)14(17)18-20/h2-8,20H,1H3,(H2,17,18). The zero-order valence-electron chi connectivity index (χ0n) is 10.7. The molecule has 0 bridgehead atoms. The van der Waals surface area contributed by atoms with Gasteiger partial charge in [-0.25, -0.2) is 4.39 Å². The molecule has 0 unspecified atom stereocenters. The Morgan fingerprint density at radius 1 is 1.30 bits per heavy atom. The zero-order chi connectivity index (χ0) is 14.7. The van der Waals surface area contributed by atoms with Crippen molar-refractivity contribution in [2.75, 3.05) is 11.9 Å². The van der Waals surface area contributed by atoms with Crippen molar-refractivity contribution in [3.05, 3.63) is 58.3 Å². The smallest absolute Gasteiger partial charge is 0.170 e. The van der Waals surface area contributed by atoms with Crippen LogP contribution in [0, 0.1) is 5.82 Å². The van der Waals surface area contributed by atoms with Gasteiger partial charge in [-0.3, -0.25) is 0 Å². The van der Waals surface area contributed by atoms with Crippen LogP contribution in [-0.2, 0) is 0 Å². The molecule has 20 heavy (non-hydrogen) atoms. The van der Waals surface area contributed by atoms with Gasteiger partial charge in [0.2, 0.25) is 0 Å². The van der Waals surface area contributed by atoms with E-state index in [0.717, 1.165) is 15.8 Å². The molecule has 6 heteroatoms. The lowest BCUT2D eigenvalue weighted by atomic mass is 10.1. The van der Waals surface area contributed by atoms with Crippen molar-refractivity contribution in [3.63, 3.8) is 0 Å². The monoisotopic (exact) mass is 337 g/mol. The number of rotatable bonds is 3. The number of amidine groups is 1. The minimum atomic E-state index is -0.293. The van der Waals surface area contributed by atoms with Gasteiger partial charge in [0.05, 0.1) is 5.69 Å². The van der Waals surface area contributed by atoms with Crippen LogP contribution >= 0.6 is 15.9 Å². The van der Waals surface area contributed by atoms with Gasteiger partial charge in [-0.15, -0.1) is 0 Å². The summed E-state index contributed by atoms with van der Waals surface area (Å²) in [5.41, 5.74) is 7.69. The van der Waals surface area contributed by atoms with Gasteiger partial charge in [-0.1, -0.05) is 11.2 Å². The summed E-state index contributed by atoms with van der Waals surface area (Å²) < 4.78 is 14.0. The molecule has 3 N–H and O–H groups in total. The Balaban J connectivity index is 2.38. The van der Waals surface area contributed by atoms with Crippen molar-refractivity contribution in [2.24, 2.45) is 10.9 Å². The summed E-state index contributed by atoms with van der Waals surface area (Å²) in [6, 6.07) is 11.6. The Bertz CT molecular complexity index is 661. The summed E-state index contributed by atoms with van der Waals surface area (Å²) >= 11 is 3.43. The molecule has 0 radical (unpaired) electrons. The van der Waals surface area contributed by atoms with Crippen molar-refractivity contribution in [1.82, 2.24) is 0 Å². The molecule has 0 saturated carbocycles. The largest absolute Gasteiger partial charge is 0.409 e. The predicted octanol–water partition coefficient (Wildman–Crippen LogP) is 3.45. The van der Waals surface area contributed by atoms with Crippen molar-refractivity contribution in [2.45, 2.75) is 0 Å². The van der Waals surface area contributed by atoms with Crippen LogP contribution in [0.5, 0.6) is 0 Å². The average Bonchev–Trinajstić information content (AvgIpc) is 2.45. The van der Waals surface area contributed by atoms with Crippen LogP contribution in [0.15, 0.2) is 52.1 Å². The normalized spacial score (nSPS) is 11.4. The molecule has 0 heterocycles. The molecular weight excluding hydrogens is 325 g/mol. The maximum absolute atomic E-state index is 13.3. The van der Waals surface area contributed by atoms with Crippen LogP contribution in [0.3, 0.4) is 0 Å². The van der Waals surface area contributed by atoms with Gasteiger partial charge in [0, 0.05) is 22.8 Å². The number of hydrogen-bond acceptors (Lipinski definition) is 3. The SMILES string of the molecule is CN(c1cccc(F)c1)c1ccc(/C(N)=N/O)cc1Br. The van der Waals surface area contributed by atoms with E-state index in [-0.39, 0.29) is 11.7 Å². The molecule has 0 amide bonds. The fourth-order valence-electron chi connectivity index (χ4n) is 1.82. The van der Waals surface area contributed by atoms with Crippen LogP contribution in [0.25, 0.3) is 0 Å². The van der Waals surface area contributed by atoms with Crippen molar-refractivity contribution < 1.29 is 9.60 Å². The first-order chi connectivity index (χ1) is 9.52. The van der Waals surface area contributed by atoms with Gasteiger partial charge in [0.25, 0.3) is 0 Å². The number of nitrogens with zero attached hydrogens (tertiary/aromatic N) is 2. The lowest BCUT2D eigenvalue weighted by Gasteiger charge is -2.21. The fraction of sp³-hybridized carbons (Fsp3) is 0.0714. The highest BCUT2D eigenvalue weighted by Crippen LogP contribution is 2.31. The van der Waals surface area contributed by atoms with E-state index >= 15 is 0 Å². The predicted molar refractivity (Wildman–Crippen MR) is 81.1 cm³/mol. The number of nitrogens with two attached hydrogens (primary N) is 1. The number of halogens is 2. The minimum Gasteiger partial charge on any atom is -0.409 e. The number of hydrogen-bond donors (Lipinski definition) is 2. The summed E-state index contributed by atoms with van der Waals surface area (Å²) in [4.78, 5) is 1.84. The van der Waals surface area contributed by atoms with E-state index in [1.54, 1.807) is 18.2 Å². The Morgan fingerprint density at radius 3 is 2.65 bits per heavy atom. The molecule has 0 atom stereocenters. The van der Waals surface area contributed by atoms with E-state index in [1.165, 1.54) is 12.1 Å². The van der Waals surface area contributed by atoms with Gasteiger partial charge in [-0.2, -0.15) is 0 Å². The Hall–Kier alpha value is -2.08. The first kappa shape index (κ1) is 14.3. The third kappa shape index (κ3) is 2.91. The van der Waals surface area contributed by atoms with Crippen LogP contribution < -0.4 is 10.6 Å². The van der Waals surface area contributed by atoms with E-state index in [9.17, 15) is 4.39 Å². The van der Waals surface area contributed by atoms with Gasteiger partial charge in [-0.05, 0) is 52.3 Å². The third-order valence-electron chi connectivity index (χ3n) is 2.91. The Kier molecular flexibility index (Phi) is 4.24. The highest BCUT2D eigenvalue weighted by Gasteiger charge is 2.10. The van der Waals surface area contributed by atoms with E-state index in [1.807, 2.05) is 24.1 Å². The Labute approximate surface area is 124 Å². The molecule has 104 valence electrons. The average molecular weight is 338 g/mol. The maximum Gasteiger partial charge on any atom is 0.170 e. The van der Waals surface area contributed by atoms with Crippen molar-refractivity contribution >= 4 is 33.1 Å². The summed E-state index contributed by atoms with van der Waals surface area (Å²) in [5, 5.41) is 11.6. The molecule has 2 aromatic carbocycles. The first-order valence-corrected chi connectivity index (χ1v) is 6.59. The topological polar surface area (TPSA) is 61.8 Å². The number of anilines is 2. The molecular formula is C14H13BrFN3O. The molecule has 0 aliphatic rings. The van der Waals surface area contributed by atoms with Crippen molar-refractivity contribution in [1.29, 1.82) is 0 Å². The van der Waals surface area contributed by atoms with Crippen LogP contribution in [0.2, 0.25) is 0 Å². The molecule has 0 aliphatic carbocycles. The van der Waals surface area contributed by atoms with Gasteiger partial charge in [0.1, 0.15) is 5.82 Å². The Morgan fingerprint density at radius 2 is 2.05 bits per heavy atom. The molecule has 0 spiro atoms. The minimum absolute atomic E-state index is 0.0330. The van der Waals surface area contributed by atoms with E-state index in [2.05, 4.69) is 21.1 Å². The summed E-state index contributed by atoms with van der Waals surface area (Å²) in [5.74, 6) is -0.260. The molecule has 0 aliphatic heterocycles. The van der Waals surface area contributed by atoms with Crippen LogP contribution in [-0.4, -0.2) is 18.1 Å². The fourth-order valence-corrected chi connectivity index (χ4v) is 2.46. The molecule has 0 fully saturated rings. The first-order valence-electron chi connectivity index (χ1n) is 5.79. The molecule has 0 saturated heterocycles. The quantitative estimate of drug-likeness (QED) is 0.390. The van der Waals surface area contributed by atoms with Crippen LogP contribution in [0.4, 0.5) is 15.8 Å². The summed E-state index contributed by atoms with van der Waals surface area (Å²) in [6.45, 7) is 0. The molecule has 4 nitrogen and oxygen atoms in total. The second-order valence-corrected chi connectivity index (χ2v) is 5.04. The van der Waals surface area contributed by atoms with Crippen molar-refractivity contribution in [3.8, 4) is 0 Å². The second kappa shape index (κ2) is 5.92. The van der Waals surface area contributed by atoms with E-state index in [4.69, 9.17) is 10.9 Å². The maximum atomic E-state index is 13.3. The van der Waals surface area contributed by atoms with Gasteiger partial charge < -0.3 is 15.8 Å². The number of benzene rings is 2. The molecule has 2 aromatic rings. The second-order valence-electron chi connectivity index (χ2n) is 4.19. The zero-order valence-corrected chi connectivity index (χ0v) is 12.3. The van der Waals surface area contributed by atoms with Gasteiger partial charge in [0.15, 0.2) is 5.84 Å². The summed E-state index contributed by atoms with van der Waals surface area (Å²) in [7, 11) is 1.83. The lowest BCUT2D eigenvalue weighted by Crippen LogP contribution is -2.14. The van der Waals surface area contributed by atoms with Gasteiger partial charge >= 0.3 is 0 Å². The summed E-state index contributed by atoms with van der Waals surface area (Å²) in [6.07, 6.45) is 0. The highest BCUT2D eigenvalue weighted by molar-refractivity contribution is 9.10. The van der Waals surface area contributed by atoms with Crippen LogP contribution in [0.1, 0.15) is 5.56 Å². The molecule has 2 rings (SSSR count). The van der Waals surface area contributed by atoms with E-state index in [0.29, 0.717) is 5.56 Å². The third-order valence-corrected chi connectivity index (χ3v) is 3.54. The number of oxime groups is 1. The lowest BCUT2D eigenvalue weighted by molar-refractivity contribution is 0.318. The van der Waals surface area contributed by atoms with E-state index < -0.39 is 0 Å².